The summed E-state index contributed by atoms with van der Waals surface area (Å²) >= 11 is 0. The third-order valence-corrected chi connectivity index (χ3v) is 4.50. The fourth-order valence-electron chi connectivity index (χ4n) is 2.64. The Morgan fingerprint density at radius 2 is 1.53 bits per heavy atom. The monoisotopic (exact) mass is 451 g/mol. The Kier molecular flexibility index (Phi) is 10.8. The lowest BCUT2D eigenvalue weighted by Gasteiger charge is -2.23. The molecular weight excluding hydrogens is 422 g/mol. The predicted molar refractivity (Wildman–Crippen MR) is 113 cm³/mol. The lowest BCUT2D eigenvalue weighted by molar-refractivity contribution is -0.142. The molecule has 0 saturated carbocycles. The first kappa shape index (κ1) is 26.5. The third kappa shape index (κ3) is 9.10. The predicted octanol–water partition coefficient (Wildman–Crippen LogP) is -2.63. The normalized spacial score (nSPS) is 14.3. The van der Waals surface area contributed by atoms with Crippen LogP contribution in [0, 0.1) is 0 Å². The molecule has 0 aromatic heterocycles. The Balaban J connectivity index is 2.87. The Morgan fingerprint density at radius 1 is 0.938 bits per heavy atom. The molecule has 0 fully saturated rings. The van der Waals surface area contributed by atoms with Crippen molar-refractivity contribution in [2.24, 2.45) is 11.5 Å². The van der Waals surface area contributed by atoms with Gasteiger partial charge < -0.3 is 37.6 Å². The van der Waals surface area contributed by atoms with Crippen molar-refractivity contribution in [2.45, 2.75) is 50.4 Å². The van der Waals surface area contributed by atoms with E-state index in [1.807, 2.05) is 0 Å². The number of rotatable bonds is 13. The van der Waals surface area contributed by atoms with E-state index in [1.165, 1.54) is 6.92 Å². The molecule has 0 aliphatic rings. The van der Waals surface area contributed by atoms with Gasteiger partial charge in [-0.2, -0.15) is 0 Å². The molecular formula is C20H29N5O7. The standard InChI is InChI=1S/C20H29N5O7/c1-11(23-18(29)13(21)10-26)17(28)24-14(7-8-16(22)27)19(30)25-15(20(31)32)9-12-5-3-2-4-6-12/h2-6,11,13-15,26H,7-10,21H2,1H3,(H2,22,27)(H,23,29)(H,24,28)(H,25,30)(H,31,32). The molecule has 0 heterocycles. The fourth-order valence-corrected chi connectivity index (χ4v) is 2.64. The number of nitrogens with two attached hydrogens (primary N) is 2. The van der Waals surface area contributed by atoms with Crippen LogP contribution in [-0.2, 0) is 30.4 Å². The molecule has 176 valence electrons. The first-order valence-corrected chi connectivity index (χ1v) is 9.87. The molecule has 0 aliphatic heterocycles. The maximum atomic E-state index is 12.7. The smallest absolute Gasteiger partial charge is 0.326 e. The Bertz CT molecular complexity index is 818. The number of carbonyl (C=O) groups excluding carboxylic acids is 4. The topological polar surface area (TPSA) is 214 Å². The lowest BCUT2D eigenvalue weighted by atomic mass is 10.0. The number of nitrogens with one attached hydrogen (secondary N) is 3. The molecule has 0 spiro atoms. The van der Waals surface area contributed by atoms with Crippen LogP contribution < -0.4 is 27.4 Å². The molecule has 1 aromatic carbocycles. The number of carbonyl (C=O) groups is 5. The highest BCUT2D eigenvalue weighted by atomic mass is 16.4. The summed E-state index contributed by atoms with van der Waals surface area (Å²) in [4.78, 5) is 59.6. The van der Waals surface area contributed by atoms with Crippen molar-refractivity contribution in [2.75, 3.05) is 6.61 Å². The molecule has 1 rings (SSSR count). The van der Waals surface area contributed by atoms with E-state index in [2.05, 4.69) is 16.0 Å². The summed E-state index contributed by atoms with van der Waals surface area (Å²) in [5, 5.41) is 25.4. The van der Waals surface area contributed by atoms with Crippen molar-refractivity contribution < 1.29 is 34.2 Å². The number of hydrogen-bond acceptors (Lipinski definition) is 7. The van der Waals surface area contributed by atoms with Crippen LogP contribution in [0.25, 0.3) is 0 Å². The molecule has 0 saturated heterocycles. The first-order valence-electron chi connectivity index (χ1n) is 9.87. The summed E-state index contributed by atoms with van der Waals surface area (Å²) in [6.07, 6.45) is -0.420. The zero-order valence-electron chi connectivity index (χ0n) is 17.6. The average Bonchev–Trinajstić information content (AvgIpc) is 2.75. The van der Waals surface area contributed by atoms with Crippen molar-refractivity contribution in [3.63, 3.8) is 0 Å². The highest BCUT2D eigenvalue weighted by Gasteiger charge is 2.29. The molecule has 9 N–H and O–H groups in total. The van der Waals surface area contributed by atoms with Gasteiger partial charge in [0.15, 0.2) is 0 Å². The van der Waals surface area contributed by atoms with Gasteiger partial charge in [-0.15, -0.1) is 0 Å². The highest BCUT2D eigenvalue weighted by Crippen LogP contribution is 2.06. The second-order valence-corrected chi connectivity index (χ2v) is 7.17. The van der Waals surface area contributed by atoms with Crippen LogP contribution in [0.4, 0.5) is 0 Å². The van der Waals surface area contributed by atoms with E-state index in [0.717, 1.165) is 0 Å². The number of amides is 4. The average molecular weight is 451 g/mol. The van der Waals surface area contributed by atoms with Gasteiger partial charge in [-0.3, -0.25) is 19.2 Å². The van der Waals surface area contributed by atoms with Crippen LogP contribution in [0.3, 0.4) is 0 Å². The largest absolute Gasteiger partial charge is 0.480 e. The minimum Gasteiger partial charge on any atom is -0.480 e. The van der Waals surface area contributed by atoms with E-state index < -0.39 is 60.4 Å². The zero-order valence-corrected chi connectivity index (χ0v) is 17.6. The van der Waals surface area contributed by atoms with Gasteiger partial charge >= 0.3 is 5.97 Å². The molecule has 1 aromatic rings. The molecule has 12 heteroatoms. The SMILES string of the molecule is CC(NC(=O)C(N)CO)C(=O)NC(CCC(N)=O)C(=O)NC(Cc1ccccc1)C(=O)O. The number of carboxylic acid groups (broad SMARTS) is 1. The zero-order chi connectivity index (χ0) is 24.3. The Labute approximate surface area is 184 Å². The quantitative estimate of drug-likeness (QED) is 0.168. The Morgan fingerprint density at radius 3 is 2.06 bits per heavy atom. The molecule has 4 atom stereocenters. The minimum atomic E-state index is -1.28. The van der Waals surface area contributed by atoms with Crippen LogP contribution in [0.5, 0.6) is 0 Å². The molecule has 12 nitrogen and oxygen atoms in total. The number of primary amides is 1. The lowest BCUT2D eigenvalue weighted by Crippen LogP contribution is -2.57. The van der Waals surface area contributed by atoms with Crippen LogP contribution >= 0.6 is 0 Å². The van der Waals surface area contributed by atoms with Crippen LogP contribution in [0.1, 0.15) is 25.3 Å². The number of benzene rings is 1. The second-order valence-electron chi connectivity index (χ2n) is 7.17. The number of hydrogen-bond donors (Lipinski definition) is 7. The second kappa shape index (κ2) is 13.0. The Hall–Kier alpha value is -3.51. The van der Waals surface area contributed by atoms with Crippen LogP contribution in [-0.4, -0.2) is 70.6 Å². The van der Waals surface area contributed by atoms with Crippen molar-refractivity contribution in [3.8, 4) is 0 Å². The van der Waals surface area contributed by atoms with Gasteiger partial charge in [0.25, 0.3) is 0 Å². The van der Waals surface area contributed by atoms with Crippen molar-refractivity contribution >= 4 is 29.6 Å². The molecule has 0 bridgehead atoms. The summed E-state index contributed by atoms with van der Waals surface area (Å²) in [5.74, 6) is -4.37. The van der Waals surface area contributed by atoms with Gasteiger partial charge in [0.05, 0.1) is 6.61 Å². The van der Waals surface area contributed by atoms with Crippen LogP contribution in [0.15, 0.2) is 30.3 Å². The molecule has 4 unspecified atom stereocenters. The van der Waals surface area contributed by atoms with E-state index in [0.29, 0.717) is 5.56 Å². The van der Waals surface area contributed by atoms with Gasteiger partial charge in [-0.25, -0.2) is 4.79 Å². The summed E-state index contributed by atoms with van der Waals surface area (Å²) in [6, 6.07) is 3.72. The van der Waals surface area contributed by atoms with E-state index in [4.69, 9.17) is 16.6 Å². The van der Waals surface area contributed by atoms with Crippen molar-refractivity contribution in [3.05, 3.63) is 35.9 Å². The molecule has 0 radical (unpaired) electrons. The molecule has 4 amide bonds. The van der Waals surface area contributed by atoms with Crippen LogP contribution in [0.2, 0.25) is 0 Å². The maximum Gasteiger partial charge on any atom is 0.326 e. The third-order valence-electron chi connectivity index (χ3n) is 4.50. The molecule has 0 aliphatic carbocycles. The van der Waals surface area contributed by atoms with E-state index in [-0.39, 0.29) is 19.3 Å². The van der Waals surface area contributed by atoms with Crippen molar-refractivity contribution in [1.82, 2.24) is 16.0 Å². The van der Waals surface area contributed by atoms with Crippen molar-refractivity contribution in [1.29, 1.82) is 0 Å². The molecule has 32 heavy (non-hydrogen) atoms. The summed E-state index contributed by atoms with van der Waals surface area (Å²) in [6.45, 7) is 0.706. The summed E-state index contributed by atoms with van der Waals surface area (Å²) < 4.78 is 0. The van der Waals surface area contributed by atoms with E-state index >= 15 is 0 Å². The number of aliphatic carboxylic acids is 1. The summed E-state index contributed by atoms with van der Waals surface area (Å²) in [7, 11) is 0. The number of aliphatic hydroxyl groups excluding tert-OH is 1. The van der Waals surface area contributed by atoms with E-state index in [9.17, 15) is 29.1 Å². The number of aliphatic hydroxyl groups is 1. The highest BCUT2D eigenvalue weighted by molar-refractivity contribution is 5.94. The fraction of sp³-hybridized carbons (Fsp3) is 0.450. The van der Waals surface area contributed by atoms with Gasteiger partial charge in [-0.1, -0.05) is 30.3 Å². The number of carboxylic acids is 1. The maximum absolute atomic E-state index is 12.7. The van der Waals surface area contributed by atoms with E-state index in [1.54, 1.807) is 30.3 Å². The summed E-state index contributed by atoms with van der Waals surface area (Å²) in [5.41, 5.74) is 11.2. The van der Waals surface area contributed by atoms with Gasteiger partial charge in [0.1, 0.15) is 24.2 Å². The van der Waals surface area contributed by atoms with Gasteiger partial charge in [0.2, 0.25) is 23.6 Å². The van der Waals surface area contributed by atoms with Gasteiger partial charge in [-0.05, 0) is 18.9 Å². The van der Waals surface area contributed by atoms with Gasteiger partial charge in [0, 0.05) is 12.8 Å². The minimum absolute atomic E-state index is 0.00388. The first-order chi connectivity index (χ1) is 15.0.